The van der Waals surface area contributed by atoms with Crippen LogP contribution in [0.2, 0.25) is 0 Å². The highest BCUT2D eigenvalue weighted by Gasteiger charge is 2.15. The highest BCUT2D eigenvalue weighted by Crippen LogP contribution is 2.25. The number of carbonyl (C=O) groups is 1. The minimum atomic E-state index is -3.00. The average Bonchev–Trinajstić information content (AvgIpc) is 3.10. The van der Waals surface area contributed by atoms with Crippen LogP contribution < -0.4 is 11.1 Å². The molecule has 5 heteroatoms. The molecule has 2 heterocycles. The first-order valence-electron chi connectivity index (χ1n) is 11.4. The molecule has 1 aromatic heterocycles. The van der Waals surface area contributed by atoms with Gasteiger partial charge in [0.1, 0.15) is 5.52 Å². The Kier molecular flexibility index (Phi) is 2.14. The number of hydrogen-bond donors (Lipinski definition) is 2. The molecular formula is C19H20N4O. The van der Waals surface area contributed by atoms with E-state index in [4.69, 9.17) is 16.7 Å². The number of amides is 1. The third kappa shape index (κ3) is 2.67. The van der Waals surface area contributed by atoms with E-state index in [1.54, 1.807) is 36.5 Å². The van der Waals surface area contributed by atoms with E-state index in [9.17, 15) is 4.79 Å². The molecule has 24 heavy (non-hydrogen) atoms. The van der Waals surface area contributed by atoms with Crippen LogP contribution in [0, 0.1) is 0 Å². The Morgan fingerprint density at radius 2 is 2.12 bits per heavy atom. The Labute approximate surface area is 151 Å². The summed E-state index contributed by atoms with van der Waals surface area (Å²) in [7, 11) is 0. The summed E-state index contributed by atoms with van der Waals surface area (Å²) in [5, 5.41) is 7.07. The van der Waals surface area contributed by atoms with Gasteiger partial charge < -0.3 is 11.1 Å². The number of piperidine rings is 1. The van der Waals surface area contributed by atoms with Crippen molar-refractivity contribution in [1.29, 1.82) is 0 Å². The standard InChI is InChI=1S/C19H20N4O/c20-19(24)17-5-1-3-15-12-23(22-18(15)17)16-8-6-13(7-9-16)14-4-2-10-21-11-14/h1,3,5-9,12,14,21H,2,4,10-11H2,(H2,20,24)/i2D2,4D2,10D2,11D2. The van der Waals surface area contributed by atoms with Crippen LogP contribution in [0.3, 0.4) is 0 Å². The number of nitrogens with one attached hydrogen (secondary N) is 1. The van der Waals surface area contributed by atoms with E-state index in [0.717, 1.165) is 0 Å². The van der Waals surface area contributed by atoms with Crippen LogP contribution >= 0.6 is 0 Å². The van der Waals surface area contributed by atoms with Gasteiger partial charge in [0.15, 0.2) is 0 Å². The van der Waals surface area contributed by atoms with Gasteiger partial charge in [-0.15, -0.1) is 0 Å². The van der Waals surface area contributed by atoms with E-state index in [-0.39, 0.29) is 11.1 Å². The van der Waals surface area contributed by atoms with Gasteiger partial charge in [0.05, 0.1) is 11.3 Å². The molecule has 4 rings (SSSR count). The smallest absolute Gasteiger partial charge is 0.250 e. The topological polar surface area (TPSA) is 72.9 Å². The number of fused-ring (bicyclic) bond motifs is 1. The van der Waals surface area contributed by atoms with E-state index in [1.165, 1.54) is 16.8 Å². The van der Waals surface area contributed by atoms with Crippen molar-refractivity contribution in [3.05, 3.63) is 59.8 Å². The first kappa shape index (κ1) is 8.44. The van der Waals surface area contributed by atoms with Gasteiger partial charge in [0.25, 0.3) is 5.91 Å². The van der Waals surface area contributed by atoms with Crippen LogP contribution in [0.4, 0.5) is 0 Å². The third-order valence-electron chi connectivity index (χ3n) is 3.85. The summed E-state index contributed by atoms with van der Waals surface area (Å²) in [5.74, 6) is -2.24. The molecule has 3 aromatic rings. The molecule has 0 radical (unpaired) electrons. The quantitative estimate of drug-likeness (QED) is 0.776. The first-order valence-corrected chi connectivity index (χ1v) is 7.37. The van der Waals surface area contributed by atoms with Crippen molar-refractivity contribution in [2.75, 3.05) is 13.0 Å². The van der Waals surface area contributed by atoms with Gasteiger partial charge in [0.2, 0.25) is 0 Å². The van der Waals surface area contributed by atoms with Crippen LogP contribution in [0.1, 0.15) is 45.6 Å². The molecule has 1 amide bonds. The average molecular weight is 328 g/mol. The maximum atomic E-state index is 11.6. The van der Waals surface area contributed by atoms with Gasteiger partial charge in [0, 0.05) is 29.0 Å². The van der Waals surface area contributed by atoms with Crippen LogP contribution in [0.5, 0.6) is 0 Å². The molecule has 122 valence electrons. The zero-order valence-electron chi connectivity index (χ0n) is 20.6. The van der Waals surface area contributed by atoms with Crippen molar-refractivity contribution in [2.24, 2.45) is 5.73 Å². The Balaban J connectivity index is 1.75. The number of nitrogens with two attached hydrogens (primary N) is 1. The predicted molar refractivity (Wildman–Crippen MR) is 94.4 cm³/mol. The van der Waals surface area contributed by atoms with Crippen molar-refractivity contribution >= 4 is 16.8 Å². The van der Waals surface area contributed by atoms with Crippen LogP contribution in [0.15, 0.2) is 48.7 Å². The molecule has 1 saturated heterocycles. The van der Waals surface area contributed by atoms with Crippen molar-refractivity contribution < 1.29 is 15.8 Å². The normalized spacial score (nSPS) is 31.2. The molecule has 0 spiro atoms. The number of carbonyl (C=O) groups excluding carboxylic acids is 1. The number of benzene rings is 2. The SMILES string of the molecule is [2H]C1([2H])NC([2H])([2H])C([2H])([2H])C([2H])([2H])C1c1ccc(-n2cc3cccc(C(N)=O)c3n2)cc1. The van der Waals surface area contributed by atoms with Crippen LogP contribution in [0.25, 0.3) is 16.6 Å². The summed E-state index contributed by atoms with van der Waals surface area (Å²) in [6, 6.07) is 11.1. The Bertz CT molecular complexity index is 1210. The Hall–Kier alpha value is -2.66. The lowest BCUT2D eigenvalue weighted by Crippen LogP contribution is -2.28. The Morgan fingerprint density at radius 3 is 2.92 bits per heavy atom. The summed E-state index contributed by atoms with van der Waals surface area (Å²) in [6.45, 7) is -5.47. The summed E-state index contributed by atoms with van der Waals surface area (Å²) in [4.78, 5) is 11.6. The second-order valence-electron chi connectivity index (χ2n) is 5.37. The van der Waals surface area contributed by atoms with Gasteiger partial charge >= 0.3 is 0 Å². The molecule has 1 fully saturated rings. The monoisotopic (exact) mass is 328 g/mol. The fourth-order valence-electron chi connectivity index (χ4n) is 2.65. The number of nitrogens with zero attached hydrogens (tertiary/aromatic N) is 2. The third-order valence-corrected chi connectivity index (χ3v) is 3.85. The van der Waals surface area contributed by atoms with Crippen molar-refractivity contribution in [3.8, 4) is 5.69 Å². The maximum absolute atomic E-state index is 11.6. The van der Waals surface area contributed by atoms with E-state index < -0.39 is 37.6 Å². The number of primary amides is 1. The highest BCUT2D eigenvalue weighted by molar-refractivity contribution is 6.04. The van der Waals surface area contributed by atoms with Gasteiger partial charge in [-0.3, -0.25) is 4.79 Å². The summed E-state index contributed by atoms with van der Waals surface area (Å²) >= 11 is 0. The van der Waals surface area contributed by atoms with E-state index in [1.807, 2.05) is 5.32 Å². The summed E-state index contributed by atoms with van der Waals surface area (Å²) in [6.07, 6.45) is -4.17. The molecule has 1 aliphatic heterocycles. The molecular weight excluding hydrogens is 300 g/mol. The molecule has 1 unspecified atom stereocenters. The zero-order chi connectivity index (χ0) is 23.7. The molecule has 0 aliphatic carbocycles. The van der Waals surface area contributed by atoms with Gasteiger partial charge in [-0.1, -0.05) is 24.3 Å². The molecule has 5 nitrogen and oxygen atoms in total. The highest BCUT2D eigenvalue weighted by atomic mass is 16.1. The van der Waals surface area contributed by atoms with Crippen LogP contribution in [-0.4, -0.2) is 28.7 Å². The molecule has 2 aromatic carbocycles. The largest absolute Gasteiger partial charge is 0.366 e. The van der Waals surface area contributed by atoms with Gasteiger partial charge in [-0.05, 0) is 48.9 Å². The van der Waals surface area contributed by atoms with Gasteiger partial charge in [-0.2, -0.15) is 5.10 Å². The fourth-order valence-corrected chi connectivity index (χ4v) is 2.65. The molecule has 3 N–H and O–H groups in total. The fraction of sp³-hybridized carbons (Fsp3) is 0.263. The first-order chi connectivity index (χ1) is 14.7. The lowest BCUT2D eigenvalue weighted by molar-refractivity contribution is 0.100. The van der Waals surface area contributed by atoms with E-state index in [0.29, 0.717) is 16.6 Å². The lowest BCUT2D eigenvalue weighted by Gasteiger charge is -2.23. The molecule has 0 saturated carbocycles. The molecule has 1 atom stereocenters. The van der Waals surface area contributed by atoms with E-state index in [2.05, 4.69) is 5.10 Å². The minimum Gasteiger partial charge on any atom is -0.366 e. The van der Waals surface area contributed by atoms with Crippen molar-refractivity contribution in [1.82, 2.24) is 15.1 Å². The Morgan fingerprint density at radius 1 is 1.29 bits per heavy atom. The van der Waals surface area contributed by atoms with Gasteiger partial charge in [-0.25, -0.2) is 4.68 Å². The number of rotatable bonds is 3. The molecule has 1 aliphatic rings. The zero-order valence-corrected chi connectivity index (χ0v) is 12.6. The summed E-state index contributed by atoms with van der Waals surface area (Å²) < 4.78 is 66.1. The van der Waals surface area contributed by atoms with Crippen LogP contribution in [-0.2, 0) is 0 Å². The molecule has 0 bridgehead atoms. The minimum absolute atomic E-state index is 0.158. The maximum Gasteiger partial charge on any atom is 0.250 e. The van der Waals surface area contributed by atoms with E-state index >= 15 is 0 Å². The second-order valence-corrected chi connectivity index (χ2v) is 5.37. The number of aromatic nitrogens is 2. The second kappa shape index (κ2) is 6.09. The van der Waals surface area contributed by atoms with Crippen molar-refractivity contribution in [3.63, 3.8) is 0 Å². The number of hydrogen-bond acceptors (Lipinski definition) is 3. The summed E-state index contributed by atoms with van der Waals surface area (Å²) in [5.41, 5.74) is 6.79. The lowest BCUT2D eigenvalue weighted by atomic mass is 9.92. The van der Waals surface area contributed by atoms with Crippen molar-refractivity contribution in [2.45, 2.75) is 18.7 Å². The predicted octanol–water partition coefficient (Wildman–Crippen LogP) is 2.59.